The van der Waals surface area contributed by atoms with Gasteiger partial charge in [-0.05, 0) is 43.4 Å². The Morgan fingerprint density at radius 2 is 1.87 bits per heavy atom. The number of carbonyl (C=O) groups is 2. The lowest BCUT2D eigenvalue weighted by molar-refractivity contribution is -0.135. The lowest BCUT2D eigenvalue weighted by Crippen LogP contribution is -2.41. The van der Waals surface area contributed by atoms with Gasteiger partial charge in [0.15, 0.2) is 11.5 Å². The lowest BCUT2D eigenvalue weighted by Gasteiger charge is -2.37. The minimum atomic E-state index is -0.417. The zero-order valence-corrected chi connectivity index (χ0v) is 18.3. The molecule has 166 valence electrons. The number of aromatic nitrogens is 1. The fourth-order valence-electron chi connectivity index (χ4n) is 5.28. The van der Waals surface area contributed by atoms with Crippen molar-refractivity contribution in [2.24, 2.45) is 5.92 Å². The second-order valence-electron chi connectivity index (χ2n) is 8.77. The number of pyridine rings is 1. The van der Waals surface area contributed by atoms with Crippen molar-refractivity contribution in [2.75, 3.05) is 39.4 Å². The highest BCUT2D eigenvalue weighted by atomic mass is 35.5. The molecule has 5 rings (SSSR count). The minimum Gasteiger partial charge on any atom is -0.483 e. The van der Waals surface area contributed by atoms with Crippen molar-refractivity contribution in [1.82, 2.24) is 14.8 Å². The summed E-state index contributed by atoms with van der Waals surface area (Å²) in [5, 5.41) is -0.0166. The van der Waals surface area contributed by atoms with Gasteiger partial charge in [0.2, 0.25) is 0 Å². The summed E-state index contributed by atoms with van der Waals surface area (Å²) in [5.41, 5.74) is 1.41. The normalized spacial score (nSPS) is 31.5. The first kappa shape index (κ1) is 20.9. The number of ketones is 1. The quantitative estimate of drug-likeness (QED) is 0.648. The van der Waals surface area contributed by atoms with Gasteiger partial charge in [0.25, 0.3) is 5.91 Å². The third-order valence-electron chi connectivity index (χ3n) is 6.88. The Bertz CT molecular complexity index is 871. The van der Waals surface area contributed by atoms with E-state index in [4.69, 9.17) is 21.1 Å². The number of nitrogens with zero attached hydrogens (tertiary/aromatic N) is 3. The van der Waals surface area contributed by atoms with Crippen LogP contribution in [0.3, 0.4) is 0 Å². The van der Waals surface area contributed by atoms with Gasteiger partial charge in [-0.2, -0.15) is 0 Å². The predicted molar refractivity (Wildman–Crippen MR) is 114 cm³/mol. The summed E-state index contributed by atoms with van der Waals surface area (Å²) in [6.07, 6.45) is 6.13. The molecule has 0 N–H and O–H groups in total. The molecule has 0 spiro atoms. The molecular weight excluding hydrogens is 418 g/mol. The number of hydrogen-bond acceptors (Lipinski definition) is 6. The maximum atomic E-state index is 13.6. The van der Waals surface area contributed by atoms with Crippen LogP contribution in [-0.2, 0) is 19.1 Å². The van der Waals surface area contributed by atoms with Gasteiger partial charge in [-0.1, -0.05) is 0 Å². The Labute approximate surface area is 187 Å². The van der Waals surface area contributed by atoms with Crippen LogP contribution >= 0.6 is 11.6 Å². The molecule has 4 heterocycles. The molecule has 1 aliphatic carbocycles. The fraction of sp³-hybridized carbons (Fsp3) is 0.609. The van der Waals surface area contributed by atoms with Crippen LogP contribution in [0.15, 0.2) is 35.9 Å². The molecule has 2 fully saturated rings. The molecule has 4 unspecified atom stereocenters. The third kappa shape index (κ3) is 3.99. The summed E-state index contributed by atoms with van der Waals surface area (Å²) in [6.45, 7) is 4.81. The first-order valence-corrected chi connectivity index (χ1v) is 11.7. The first-order chi connectivity index (χ1) is 15.1. The monoisotopic (exact) mass is 445 g/mol. The number of carbonyl (C=O) groups excluding carboxylic acids is 2. The Morgan fingerprint density at radius 3 is 2.65 bits per heavy atom. The van der Waals surface area contributed by atoms with Gasteiger partial charge in [-0.25, -0.2) is 0 Å². The molecule has 0 aromatic carbocycles. The van der Waals surface area contributed by atoms with Crippen molar-refractivity contribution in [3.63, 3.8) is 0 Å². The van der Waals surface area contributed by atoms with Gasteiger partial charge in [0, 0.05) is 43.9 Å². The number of morpholine rings is 1. The van der Waals surface area contributed by atoms with Gasteiger partial charge in [-0.15, -0.1) is 11.6 Å². The molecule has 0 radical (unpaired) electrons. The standard InChI is InChI=1S/C23H28ClN3O4/c24-16-2-3-18-17(14-16)21(28)19-20(15-4-6-25-7-5-15)27(23(29)22(19)31-18)9-1-8-26-10-12-30-13-11-26/h4-7,16-18,20H,1-3,8-14H2. The summed E-state index contributed by atoms with van der Waals surface area (Å²) in [5.74, 6) is -0.145. The number of rotatable bonds is 5. The zero-order chi connectivity index (χ0) is 21.4. The van der Waals surface area contributed by atoms with Crippen LogP contribution in [0.5, 0.6) is 0 Å². The topological polar surface area (TPSA) is 72.0 Å². The Balaban J connectivity index is 1.40. The molecule has 8 heteroatoms. The summed E-state index contributed by atoms with van der Waals surface area (Å²) in [6, 6.07) is 3.35. The highest BCUT2D eigenvalue weighted by Gasteiger charge is 2.52. The van der Waals surface area contributed by atoms with E-state index >= 15 is 0 Å². The molecule has 31 heavy (non-hydrogen) atoms. The maximum Gasteiger partial charge on any atom is 0.290 e. The second kappa shape index (κ2) is 8.88. The predicted octanol–water partition coefficient (Wildman–Crippen LogP) is 2.32. The van der Waals surface area contributed by atoms with Crippen LogP contribution in [0.1, 0.15) is 37.3 Å². The molecule has 1 aromatic rings. The zero-order valence-electron chi connectivity index (χ0n) is 17.5. The second-order valence-corrected chi connectivity index (χ2v) is 9.39. The van der Waals surface area contributed by atoms with Gasteiger partial charge in [0.05, 0.1) is 30.7 Å². The number of halogens is 1. The summed E-state index contributed by atoms with van der Waals surface area (Å²) >= 11 is 6.37. The SMILES string of the molecule is O=C1C2=C(OC3CCC(Cl)CC13)C(=O)N(CCCN1CCOCC1)C2c1ccncc1. The van der Waals surface area contributed by atoms with Crippen LogP contribution in [0, 0.1) is 5.92 Å². The maximum absolute atomic E-state index is 13.6. The minimum absolute atomic E-state index is 0.0166. The summed E-state index contributed by atoms with van der Waals surface area (Å²) < 4.78 is 11.6. The van der Waals surface area contributed by atoms with Crippen molar-refractivity contribution < 1.29 is 19.1 Å². The van der Waals surface area contributed by atoms with E-state index < -0.39 is 6.04 Å². The van der Waals surface area contributed by atoms with Crippen molar-refractivity contribution in [2.45, 2.75) is 43.2 Å². The number of fused-ring (bicyclic) bond motifs is 1. The Morgan fingerprint density at radius 1 is 1.10 bits per heavy atom. The number of ether oxygens (including phenoxy) is 2. The van der Waals surface area contributed by atoms with Crippen LogP contribution in [0.2, 0.25) is 0 Å². The Hall–Kier alpha value is -1.96. The van der Waals surface area contributed by atoms with E-state index in [1.165, 1.54) is 0 Å². The van der Waals surface area contributed by atoms with Gasteiger partial charge >= 0.3 is 0 Å². The molecule has 4 atom stereocenters. The van der Waals surface area contributed by atoms with E-state index in [-0.39, 0.29) is 34.8 Å². The van der Waals surface area contributed by atoms with E-state index in [1.807, 2.05) is 17.0 Å². The molecule has 1 amide bonds. The van der Waals surface area contributed by atoms with Crippen LogP contribution in [0.4, 0.5) is 0 Å². The summed E-state index contributed by atoms with van der Waals surface area (Å²) in [4.78, 5) is 35.3. The van der Waals surface area contributed by atoms with Crippen LogP contribution in [0.25, 0.3) is 0 Å². The Kier molecular flexibility index (Phi) is 5.99. The average Bonchev–Trinajstić information content (AvgIpc) is 3.08. The first-order valence-electron chi connectivity index (χ1n) is 11.2. The molecule has 1 saturated heterocycles. The van der Waals surface area contributed by atoms with E-state index in [0.29, 0.717) is 25.0 Å². The molecule has 1 saturated carbocycles. The molecular formula is C23H28ClN3O4. The molecule has 0 bridgehead atoms. The number of hydrogen-bond donors (Lipinski definition) is 0. The third-order valence-corrected chi connectivity index (χ3v) is 7.27. The van der Waals surface area contributed by atoms with Gasteiger partial charge in [-0.3, -0.25) is 19.5 Å². The van der Waals surface area contributed by atoms with Gasteiger partial charge in [0.1, 0.15) is 6.10 Å². The van der Waals surface area contributed by atoms with Crippen molar-refractivity contribution in [3.8, 4) is 0 Å². The van der Waals surface area contributed by atoms with Crippen LogP contribution < -0.4 is 0 Å². The van der Waals surface area contributed by atoms with Crippen molar-refractivity contribution >= 4 is 23.3 Å². The van der Waals surface area contributed by atoms with Gasteiger partial charge < -0.3 is 14.4 Å². The smallest absolute Gasteiger partial charge is 0.290 e. The van der Waals surface area contributed by atoms with E-state index in [1.54, 1.807) is 12.4 Å². The average molecular weight is 446 g/mol. The molecule has 3 aliphatic heterocycles. The number of alkyl halides is 1. The molecule has 1 aromatic heterocycles. The fourth-order valence-corrected chi connectivity index (χ4v) is 5.59. The molecule has 4 aliphatic rings. The van der Waals surface area contributed by atoms with Crippen molar-refractivity contribution in [3.05, 3.63) is 41.4 Å². The lowest BCUT2D eigenvalue weighted by atomic mass is 9.77. The highest BCUT2D eigenvalue weighted by Crippen LogP contribution is 2.47. The largest absolute Gasteiger partial charge is 0.483 e. The summed E-state index contributed by atoms with van der Waals surface area (Å²) in [7, 11) is 0. The number of amides is 1. The van der Waals surface area contributed by atoms with Crippen molar-refractivity contribution in [1.29, 1.82) is 0 Å². The van der Waals surface area contributed by atoms with E-state index in [2.05, 4.69) is 9.88 Å². The van der Waals surface area contributed by atoms with Crippen LogP contribution in [-0.4, -0.2) is 77.3 Å². The highest BCUT2D eigenvalue weighted by molar-refractivity contribution is 6.21. The van der Waals surface area contributed by atoms with E-state index in [0.717, 1.165) is 51.3 Å². The molecule has 7 nitrogen and oxygen atoms in total. The number of Topliss-reactive ketones (excluding diaryl/α,β-unsaturated/α-hetero) is 1. The van der Waals surface area contributed by atoms with E-state index in [9.17, 15) is 9.59 Å².